The van der Waals surface area contributed by atoms with Gasteiger partial charge < -0.3 is 25.0 Å². The summed E-state index contributed by atoms with van der Waals surface area (Å²) in [7, 11) is 1.72. The molecule has 1 fully saturated rings. The molecule has 0 bridgehead atoms. The molecule has 2 heterocycles. The van der Waals surface area contributed by atoms with Crippen molar-refractivity contribution in [1.29, 1.82) is 0 Å². The van der Waals surface area contributed by atoms with Crippen molar-refractivity contribution >= 4 is 40.9 Å². The number of fused-ring (bicyclic) bond motifs is 1. The highest BCUT2D eigenvalue weighted by molar-refractivity contribution is 6.13. The third-order valence-corrected chi connectivity index (χ3v) is 5.69. The second-order valence-corrected chi connectivity index (χ2v) is 7.99. The first-order valence-corrected chi connectivity index (χ1v) is 10.5. The average Bonchev–Trinajstić information content (AvgIpc) is 3.07. The Morgan fingerprint density at radius 1 is 1.25 bits per heavy atom. The maximum atomic E-state index is 13.0. The topological polar surface area (TPSA) is 111 Å². The molecule has 3 N–H and O–H groups in total. The fourth-order valence-corrected chi connectivity index (χ4v) is 4.00. The molecule has 9 nitrogen and oxygen atoms in total. The molecule has 2 aromatic carbocycles. The van der Waals surface area contributed by atoms with Crippen molar-refractivity contribution in [3.05, 3.63) is 59.2 Å². The zero-order chi connectivity index (χ0) is 22.8. The molecule has 4 rings (SSSR count). The van der Waals surface area contributed by atoms with Gasteiger partial charge in [-0.05, 0) is 53.2 Å². The fourth-order valence-electron chi connectivity index (χ4n) is 3.85. The van der Waals surface area contributed by atoms with Crippen LogP contribution in [0.1, 0.15) is 21.5 Å². The van der Waals surface area contributed by atoms with Crippen LogP contribution in [0.15, 0.2) is 42.5 Å². The second kappa shape index (κ2) is 9.25. The number of anilines is 2. The van der Waals surface area contributed by atoms with Crippen molar-refractivity contribution < 1.29 is 24.2 Å². The molecule has 2 atom stereocenters. The van der Waals surface area contributed by atoms with E-state index in [2.05, 4.69) is 10.2 Å². The van der Waals surface area contributed by atoms with E-state index in [1.807, 2.05) is 0 Å². The van der Waals surface area contributed by atoms with Gasteiger partial charge in [0, 0.05) is 43.6 Å². The number of nitrogens with one attached hydrogen (secondary N) is 2. The van der Waals surface area contributed by atoms with Crippen molar-refractivity contribution in [2.24, 2.45) is 0 Å². The number of halogens is 1. The molecule has 2 aliphatic heterocycles. The molecule has 10 heteroatoms. The van der Waals surface area contributed by atoms with Gasteiger partial charge in [0.05, 0.1) is 6.61 Å². The fraction of sp³-hybridized carbons (Fsp3) is 0.318. The lowest BCUT2D eigenvalue weighted by Gasteiger charge is -2.34. The van der Waals surface area contributed by atoms with Crippen LogP contribution in [0.25, 0.3) is 0 Å². The molecule has 0 aromatic heterocycles. The number of hydrogen-bond donors (Lipinski definition) is 3. The molecule has 0 saturated carbocycles. The number of hydrogen-bond acceptors (Lipinski definition) is 6. The molecular weight excluding hydrogens is 436 g/mol. The normalized spacial score (nSPS) is 19.2. The molecule has 32 heavy (non-hydrogen) atoms. The minimum Gasteiger partial charge on any atom is -0.380 e. The van der Waals surface area contributed by atoms with E-state index >= 15 is 0 Å². The first kappa shape index (κ1) is 22.2. The number of ether oxygens (including phenoxy) is 1. The van der Waals surface area contributed by atoms with Crippen molar-refractivity contribution in [3.63, 3.8) is 0 Å². The van der Waals surface area contributed by atoms with Gasteiger partial charge in [-0.2, -0.15) is 0 Å². The molecule has 2 aromatic rings. The Morgan fingerprint density at radius 2 is 2.00 bits per heavy atom. The van der Waals surface area contributed by atoms with Gasteiger partial charge >= 0.3 is 0 Å². The lowest BCUT2D eigenvalue weighted by atomic mass is 10.1. The Morgan fingerprint density at radius 3 is 2.72 bits per heavy atom. The van der Waals surface area contributed by atoms with Gasteiger partial charge in [-0.3, -0.25) is 14.4 Å². The third-order valence-electron chi connectivity index (χ3n) is 5.55. The van der Waals surface area contributed by atoms with Gasteiger partial charge in [0.1, 0.15) is 0 Å². The number of morpholine rings is 1. The Balaban J connectivity index is 1.45. The average molecular weight is 459 g/mol. The number of aliphatic hydroxyl groups is 1. The van der Waals surface area contributed by atoms with E-state index in [9.17, 15) is 19.5 Å². The largest absolute Gasteiger partial charge is 0.380 e. The summed E-state index contributed by atoms with van der Waals surface area (Å²) in [5.41, 5.74) is 3.43. The van der Waals surface area contributed by atoms with E-state index in [0.29, 0.717) is 30.0 Å². The van der Waals surface area contributed by atoms with Crippen molar-refractivity contribution in [3.8, 4) is 0 Å². The number of amides is 3. The summed E-state index contributed by atoms with van der Waals surface area (Å²) in [5.74, 6) is -1.31. The molecule has 0 unspecified atom stereocenters. The zero-order valence-electron chi connectivity index (χ0n) is 17.4. The van der Waals surface area contributed by atoms with Crippen LogP contribution in [-0.2, 0) is 27.4 Å². The van der Waals surface area contributed by atoms with Crippen LogP contribution < -0.4 is 15.1 Å². The van der Waals surface area contributed by atoms with Crippen LogP contribution in [0.2, 0.25) is 0 Å². The number of aliphatic hydroxyl groups excluding tert-OH is 1. The predicted octanol–water partition coefficient (Wildman–Crippen LogP) is 1.25. The van der Waals surface area contributed by atoms with Crippen LogP contribution in [0.5, 0.6) is 0 Å². The smallest absolute Gasteiger partial charge is 0.259 e. The van der Waals surface area contributed by atoms with Gasteiger partial charge in [0.2, 0.25) is 0 Å². The van der Waals surface area contributed by atoms with E-state index in [1.165, 1.54) is 4.90 Å². The Labute approximate surface area is 190 Å². The highest BCUT2D eigenvalue weighted by atomic mass is 35.5. The predicted molar refractivity (Wildman–Crippen MR) is 118 cm³/mol. The summed E-state index contributed by atoms with van der Waals surface area (Å²) in [4.78, 5) is 43.3. The second-order valence-electron chi connectivity index (χ2n) is 7.73. The van der Waals surface area contributed by atoms with E-state index in [4.69, 9.17) is 16.5 Å². The maximum Gasteiger partial charge on any atom is 0.259 e. The van der Waals surface area contributed by atoms with E-state index in [-0.39, 0.29) is 19.1 Å². The first-order chi connectivity index (χ1) is 15.4. The number of nitrogens with zero attached hydrogens (tertiary/aromatic N) is 2. The molecule has 0 radical (unpaired) electrons. The SMILES string of the molecule is CN1Cc2cc(N3CCO[C@H]([C@@H](O)C(=O)Nc4ccc(CNCl)cc4)C3=O)ccc2C1=O. The van der Waals surface area contributed by atoms with E-state index in [1.54, 1.807) is 54.4 Å². The Kier molecular flexibility index (Phi) is 6.43. The third kappa shape index (κ3) is 4.33. The van der Waals surface area contributed by atoms with Crippen LogP contribution in [0.3, 0.4) is 0 Å². The quantitative estimate of drug-likeness (QED) is 0.562. The van der Waals surface area contributed by atoms with Crippen LogP contribution in [-0.4, -0.2) is 60.1 Å². The van der Waals surface area contributed by atoms with Gasteiger partial charge in [0.15, 0.2) is 12.2 Å². The van der Waals surface area contributed by atoms with Crippen LogP contribution in [0.4, 0.5) is 11.4 Å². The monoisotopic (exact) mass is 458 g/mol. The summed E-state index contributed by atoms with van der Waals surface area (Å²) in [6.45, 7) is 1.37. The van der Waals surface area contributed by atoms with Crippen LogP contribution in [0, 0.1) is 0 Å². The van der Waals surface area contributed by atoms with Gasteiger partial charge in [-0.15, -0.1) is 0 Å². The summed E-state index contributed by atoms with van der Waals surface area (Å²) in [6, 6.07) is 12.1. The van der Waals surface area contributed by atoms with Crippen molar-refractivity contribution in [2.45, 2.75) is 25.3 Å². The molecule has 168 valence electrons. The number of benzene rings is 2. The summed E-state index contributed by atoms with van der Waals surface area (Å²) in [5, 5.41) is 13.1. The Hall–Kier alpha value is -2.98. The standard InChI is InChI=1S/C22H23ClN4O5/c1-26-12-14-10-16(6-7-17(14)21(26)30)27-8-9-32-19(22(27)31)18(28)20(29)25-15-4-2-13(3-5-15)11-24-23/h2-7,10,18-19,24,28H,8-9,11-12H2,1H3,(H,25,29)/t18-,19-/m1/s1. The first-order valence-electron chi connectivity index (χ1n) is 10.1. The highest BCUT2D eigenvalue weighted by Crippen LogP contribution is 2.28. The molecular formula is C22H23ClN4O5. The summed E-state index contributed by atoms with van der Waals surface area (Å²) < 4.78 is 5.45. The molecule has 0 spiro atoms. The van der Waals surface area contributed by atoms with Gasteiger partial charge in [-0.25, -0.2) is 4.84 Å². The molecule has 0 aliphatic carbocycles. The maximum absolute atomic E-state index is 13.0. The lowest BCUT2D eigenvalue weighted by molar-refractivity contribution is -0.150. The lowest BCUT2D eigenvalue weighted by Crippen LogP contribution is -2.55. The number of rotatable bonds is 6. The van der Waals surface area contributed by atoms with Crippen LogP contribution >= 0.6 is 11.8 Å². The van der Waals surface area contributed by atoms with Gasteiger partial charge in [0.25, 0.3) is 17.7 Å². The minimum atomic E-state index is -1.68. The molecule has 3 amide bonds. The number of carbonyl (C=O) groups excluding carboxylic acids is 3. The molecule has 2 aliphatic rings. The van der Waals surface area contributed by atoms with Crippen molar-refractivity contribution in [2.75, 3.05) is 30.4 Å². The molecule has 1 saturated heterocycles. The van der Waals surface area contributed by atoms with Crippen molar-refractivity contribution in [1.82, 2.24) is 9.74 Å². The highest BCUT2D eigenvalue weighted by Gasteiger charge is 2.39. The minimum absolute atomic E-state index is 0.0585. The number of carbonyl (C=O) groups is 3. The Bertz CT molecular complexity index is 1050. The van der Waals surface area contributed by atoms with Gasteiger partial charge in [-0.1, -0.05) is 12.1 Å². The zero-order valence-corrected chi connectivity index (χ0v) is 18.1. The van der Waals surface area contributed by atoms with E-state index < -0.39 is 24.0 Å². The van der Waals surface area contributed by atoms with E-state index in [0.717, 1.165) is 11.1 Å². The summed E-state index contributed by atoms with van der Waals surface area (Å²) in [6.07, 6.45) is -3.02. The summed E-state index contributed by atoms with van der Waals surface area (Å²) >= 11 is 5.48.